The highest BCUT2D eigenvalue weighted by atomic mass is 35.5. The first-order valence-corrected chi connectivity index (χ1v) is 10.2. The molecule has 0 unspecified atom stereocenters. The van der Waals surface area contributed by atoms with E-state index in [0.29, 0.717) is 10.7 Å². The Morgan fingerprint density at radius 2 is 1.72 bits per heavy atom. The van der Waals surface area contributed by atoms with Crippen LogP contribution in [0.1, 0.15) is 10.4 Å². The van der Waals surface area contributed by atoms with Gasteiger partial charge >= 0.3 is 5.97 Å². The van der Waals surface area contributed by atoms with Gasteiger partial charge in [0, 0.05) is 16.4 Å². The second kappa shape index (κ2) is 8.42. The fourth-order valence-corrected chi connectivity index (χ4v) is 3.81. The summed E-state index contributed by atoms with van der Waals surface area (Å²) in [6.07, 6.45) is 0. The lowest BCUT2D eigenvalue weighted by atomic mass is 10.1. The summed E-state index contributed by atoms with van der Waals surface area (Å²) in [5, 5.41) is 0.487. The number of ether oxygens (including phenoxy) is 2. The highest BCUT2D eigenvalue weighted by molar-refractivity contribution is 7.92. The van der Waals surface area contributed by atoms with E-state index in [-0.39, 0.29) is 27.6 Å². The molecule has 3 aromatic carbocycles. The first-order chi connectivity index (χ1) is 13.8. The Labute approximate surface area is 173 Å². The van der Waals surface area contributed by atoms with Crippen LogP contribution < -0.4 is 15.2 Å². The number of benzene rings is 3. The van der Waals surface area contributed by atoms with Gasteiger partial charge in [0.05, 0.1) is 12.7 Å². The maximum atomic E-state index is 12.9. The van der Waals surface area contributed by atoms with Gasteiger partial charge in [0.15, 0.2) is 0 Å². The molecule has 7 nitrogen and oxygen atoms in total. The molecule has 0 radical (unpaired) electrons. The largest absolute Gasteiger partial charge is 0.465 e. The smallest absolute Gasteiger partial charge is 0.340 e. The van der Waals surface area contributed by atoms with Gasteiger partial charge in [-0.2, -0.15) is 0 Å². The third kappa shape index (κ3) is 4.79. The second-order valence-electron chi connectivity index (χ2n) is 5.90. The Balaban J connectivity index is 1.93. The zero-order valence-corrected chi connectivity index (χ0v) is 16.8. The van der Waals surface area contributed by atoms with Gasteiger partial charge in [-0.05, 0) is 54.6 Å². The molecule has 0 aliphatic heterocycles. The zero-order valence-electron chi connectivity index (χ0n) is 15.3. The number of para-hydroxylation sites is 1. The van der Waals surface area contributed by atoms with E-state index in [9.17, 15) is 13.2 Å². The van der Waals surface area contributed by atoms with Crippen LogP contribution >= 0.6 is 11.6 Å². The topological polar surface area (TPSA) is 108 Å². The molecule has 0 aliphatic carbocycles. The fourth-order valence-electron chi connectivity index (χ4n) is 2.50. The second-order valence-corrected chi connectivity index (χ2v) is 7.99. The third-order valence-corrected chi connectivity index (χ3v) is 5.57. The molecule has 0 atom stereocenters. The summed E-state index contributed by atoms with van der Waals surface area (Å²) in [4.78, 5) is 11.7. The molecule has 3 rings (SSSR count). The third-order valence-electron chi connectivity index (χ3n) is 3.89. The predicted molar refractivity (Wildman–Crippen MR) is 111 cm³/mol. The first-order valence-electron chi connectivity index (χ1n) is 8.33. The van der Waals surface area contributed by atoms with Crippen LogP contribution in [0, 0.1) is 0 Å². The van der Waals surface area contributed by atoms with Crippen molar-refractivity contribution in [1.29, 1.82) is 0 Å². The highest BCUT2D eigenvalue weighted by Crippen LogP contribution is 2.31. The van der Waals surface area contributed by atoms with Crippen molar-refractivity contribution >= 4 is 39.0 Å². The molecular formula is C20H17ClN2O5S. The van der Waals surface area contributed by atoms with Crippen molar-refractivity contribution in [1.82, 2.24) is 0 Å². The summed E-state index contributed by atoms with van der Waals surface area (Å²) in [6.45, 7) is 0. The fraction of sp³-hybridized carbons (Fsp3) is 0.0500. The number of hydrogen-bond acceptors (Lipinski definition) is 6. The number of carbonyl (C=O) groups is 1. The van der Waals surface area contributed by atoms with Crippen molar-refractivity contribution in [3.05, 3.63) is 77.3 Å². The Bertz CT molecular complexity index is 1150. The summed E-state index contributed by atoms with van der Waals surface area (Å²) < 4.78 is 38.6. The van der Waals surface area contributed by atoms with Crippen molar-refractivity contribution in [2.75, 3.05) is 17.6 Å². The van der Waals surface area contributed by atoms with Crippen LogP contribution in [0.5, 0.6) is 11.5 Å². The van der Waals surface area contributed by atoms with Gasteiger partial charge in [-0.15, -0.1) is 0 Å². The molecule has 0 spiro atoms. The number of rotatable bonds is 6. The summed E-state index contributed by atoms with van der Waals surface area (Å²) in [6, 6.07) is 16.8. The van der Waals surface area contributed by atoms with Gasteiger partial charge in [-0.3, -0.25) is 4.72 Å². The lowest BCUT2D eigenvalue weighted by Gasteiger charge is -2.14. The van der Waals surface area contributed by atoms with Gasteiger partial charge in [-0.1, -0.05) is 23.7 Å². The maximum Gasteiger partial charge on any atom is 0.340 e. The molecule has 3 aromatic rings. The van der Waals surface area contributed by atoms with Crippen LogP contribution in [-0.2, 0) is 14.8 Å². The van der Waals surface area contributed by atoms with E-state index in [4.69, 9.17) is 22.1 Å². The average Bonchev–Trinajstić information content (AvgIpc) is 2.70. The van der Waals surface area contributed by atoms with Gasteiger partial charge in [0.2, 0.25) is 0 Å². The van der Waals surface area contributed by atoms with Gasteiger partial charge in [0.25, 0.3) is 10.0 Å². The summed E-state index contributed by atoms with van der Waals surface area (Å²) in [5.74, 6) is -0.318. The van der Waals surface area contributed by atoms with Crippen molar-refractivity contribution in [3.63, 3.8) is 0 Å². The lowest BCUT2D eigenvalue weighted by molar-refractivity contribution is 0.0601. The molecule has 0 saturated carbocycles. The minimum Gasteiger partial charge on any atom is -0.465 e. The number of carbonyl (C=O) groups excluding carboxylic acids is 1. The van der Waals surface area contributed by atoms with Crippen molar-refractivity contribution < 1.29 is 22.7 Å². The van der Waals surface area contributed by atoms with Crippen LogP contribution in [0.2, 0.25) is 5.02 Å². The van der Waals surface area contributed by atoms with Crippen LogP contribution in [-0.4, -0.2) is 21.5 Å². The minimum atomic E-state index is -3.95. The molecule has 0 bridgehead atoms. The normalized spacial score (nSPS) is 11.0. The molecule has 0 heterocycles. The van der Waals surface area contributed by atoms with Gasteiger partial charge in [-0.25, -0.2) is 13.2 Å². The standard InChI is InChI=1S/C20H17ClN2O5S/c1-27-20(24)16-12-15(10-11-17(16)22)28-18-4-2-3-5-19(18)29(25,26)23-14-8-6-13(21)7-9-14/h2-12,23H,22H2,1H3. The molecule has 0 saturated heterocycles. The van der Waals surface area contributed by atoms with Crippen molar-refractivity contribution in [2.45, 2.75) is 4.90 Å². The maximum absolute atomic E-state index is 12.9. The minimum absolute atomic E-state index is 0.0774. The number of esters is 1. The summed E-state index contributed by atoms with van der Waals surface area (Å²) in [7, 11) is -2.71. The quantitative estimate of drug-likeness (QED) is 0.444. The summed E-state index contributed by atoms with van der Waals surface area (Å²) >= 11 is 5.83. The average molecular weight is 433 g/mol. The number of sulfonamides is 1. The number of hydrogen-bond donors (Lipinski definition) is 2. The number of halogens is 1. The molecule has 0 fully saturated rings. The molecule has 0 amide bonds. The van der Waals surface area contributed by atoms with E-state index in [1.807, 2.05) is 0 Å². The molecule has 0 aromatic heterocycles. The van der Waals surface area contributed by atoms with E-state index >= 15 is 0 Å². The van der Waals surface area contributed by atoms with E-state index in [2.05, 4.69) is 9.46 Å². The number of nitrogens with two attached hydrogens (primary N) is 1. The molecule has 3 N–H and O–H groups in total. The van der Waals surface area contributed by atoms with Crippen LogP contribution in [0.25, 0.3) is 0 Å². The molecular weight excluding hydrogens is 416 g/mol. The Morgan fingerprint density at radius 1 is 1.03 bits per heavy atom. The highest BCUT2D eigenvalue weighted by Gasteiger charge is 2.21. The summed E-state index contributed by atoms with van der Waals surface area (Å²) in [5.41, 5.74) is 6.47. The Hall–Kier alpha value is -3.23. The monoisotopic (exact) mass is 432 g/mol. The van der Waals surface area contributed by atoms with Crippen LogP contribution in [0.4, 0.5) is 11.4 Å². The molecule has 9 heteroatoms. The number of methoxy groups -OCH3 is 1. The lowest BCUT2D eigenvalue weighted by Crippen LogP contribution is -2.14. The van der Waals surface area contributed by atoms with Crippen LogP contribution in [0.3, 0.4) is 0 Å². The van der Waals surface area contributed by atoms with Crippen LogP contribution in [0.15, 0.2) is 71.6 Å². The van der Waals surface area contributed by atoms with E-state index in [1.54, 1.807) is 36.4 Å². The predicted octanol–water partition coefficient (Wildman–Crippen LogP) is 4.30. The molecule has 0 aliphatic rings. The number of nitrogens with one attached hydrogen (secondary N) is 1. The SMILES string of the molecule is COC(=O)c1cc(Oc2ccccc2S(=O)(=O)Nc2ccc(Cl)cc2)ccc1N. The molecule has 150 valence electrons. The van der Waals surface area contributed by atoms with E-state index in [1.165, 1.54) is 37.4 Å². The number of anilines is 2. The van der Waals surface area contributed by atoms with Crippen molar-refractivity contribution in [3.8, 4) is 11.5 Å². The van der Waals surface area contributed by atoms with Gasteiger partial charge in [0.1, 0.15) is 16.4 Å². The Kier molecular flexibility index (Phi) is 5.95. The first kappa shape index (κ1) is 20.5. The molecule has 29 heavy (non-hydrogen) atoms. The van der Waals surface area contributed by atoms with E-state index < -0.39 is 16.0 Å². The zero-order chi connectivity index (χ0) is 21.0. The van der Waals surface area contributed by atoms with E-state index in [0.717, 1.165) is 0 Å². The van der Waals surface area contributed by atoms with Gasteiger partial charge < -0.3 is 15.2 Å². The van der Waals surface area contributed by atoms with Crippen molar-refractivity contribution in [2.24, 2.45) is 0 Å². The Morgan fingerprint density at radius 3 is 2.41 bits per heavy atom. The number of nitrogen functional groups attached to an aromatic ring is 1.